The number of likely N-dealkylation sites (N-methyl/N-ethyl adjacent to an activating group) is 1. The molecule has 1 aliphatic rings. The Balaban J connectivity index is 1.59. The molecule has 1 aromatic carbocycles. The van der Waals surface area contributed by atoms with Crippen molar-refractivity contribution in [2.24, 2.45) is 7.05 Å². The van der Waals surface area contributed by atoms with Gasteiger partial charge >= 0.3 is 0 Å². The number of hydrogen-bond acceptors (Lipinski definition) is 3. The van der Waals surface area contributed by atoms with E-state index in [2.05, 4.69) is 5.10 Å². The van der Waals surface area contributed by atoms with Gasteiger partial charge in [0.15, 0.2) is 0 Å². The molecule has 2 aromatic rings. The number of aryl methyl sites for hydroxylation is 2. The highest BCUT2D eigenvalue weighted by molar-refractivity contribution is 5.86. The second-order valence-corrected chi connectivity index (χ2v) is 6.74. The molecule has 0 N–H and O–H groups in total. The summed E-state index contributed by atoms with van der Waals surface area (Å²) in [5.41, 5.74) is 3.06. The summed E-state index contributed by atoms with van der Waals surface area (Å²) in [6.07, 6.45) is 0.474. The molecule has 0 saturated carbocycles. The molecule has 6 nitrogen and oxygen atoms in total. The van der Waals surface area contributed by atoms with Gasteiger partial charge in [0.25, 0.3) is 0 Å². The molecule has 25 heavy (non-hydrogen) atoms. The minimum absolute atomic E-state index is 0.0481. The van der Waals surface area contributed by atoms with Gasteiger partial charge in [-0.05, 0) is 18.6 Å². The summed E-state index contributed by atoms with van der Waals surface area (Å²) in [5, 5.41) is 4.30. The van der Waals surface area contributed by atoms with Crippen LogP contribution in [0.15, 0.2) is 36.4 Å². The summed E-state index contributed by atoms with van der Waals surface area (Å²) in [6.45, 7) is 3.15. The largest absolute Gasteiger partial charge is 0.338 e. The van der Waals surface area contributed by atoms with Gasteiger partial charge in [0.2, 0.25) is 11.8 Å². The van der Waals surface area contributed by atoms with E-state index in [-0.39, 0.29) is 24.3 Å². The van der Waals surface area contributed by atoms with Crippen molar-refractivity contribution in [3.05, 3.63) is 53.3 Å². The lowest BCUT2D eigenvalue weighted by molar-refractivity contribution is -0.137. The van der Waals surface area contributed by atoms with Gasteiger partial charge in [-0.15, -0.1) is 0 Å². The molecule has 0 radical (unpaired) electrons. The highest BCUT2D eigenvalue weighted by Gasteiger charge is 2.32. The molecule has 1 atom stereocenters. The molecule has 3 rings (SSSR count). The highest BCUT2D eigenvalue weighted by atomic mass is 16.2. The number of likely N-dealkylation sites (tertiary alicyclic amines) is 1. The SMILES string of the molecule is Cc1cc(CN(C)C(=O)CN2C[C@H](c3ccccc3)CC2=O)n(C)n1. The van der Waals surface area contributed by atoms with Gasteiger partial charge in [-0.3, -0.25) is 14.3 Å². The van der Waals surface area contributed by atoms with Crippen LogP contribution in [-0.4, -0.2) is 51.5 Å². The normalized spacial score (nSPS) is 17.2. The lowest BCUT2D eigenvalue weighted by Gasteiger charge is -2.22. The van der Waals surface area contributed by atoms with Crippen LogP contribution in [0.2, 0.25) is 0 Å². The number of nitrogens with zero attached hydrogens (tertiary/aromatic N) is 4. The van der Waals surface area contributed by atoms with Crippen molar-refractivity contribution in [2.75, 3.05) is 20.1 Å². The summed E-state index contributed by atoms with van der Waals surface area (Å²) < 4.78 is 1.78. The Kier molecular flexibility index (Phi) is 4.88. The summed E-state index contributed by atoms with van der Waals surface area (Å²) >= 11 is 0. The first-order valence-corrected chi connectivity index (χ1v) is 8.50. The van der Waals surface area contributed by atoms with Gasteiger partial charge in [-0.2, -0.15) is 5.10 Å². The molecule has 0 bridgehead atoms. The summed E-state index contributed by atoms with van der Waals surface area (Å²) in [6, 6.07) is 12.0. The average molecular weight is 340 g/mol. The Labute approximate surface area is 148 Å². The number of aromatic nitrogens is 2. The third-order valence-corrected chi connectivity index (χ3v) is 4.74. The number of carbonyl (C=O) groups excluding carboxylic acids is 2. The fraction of sp³-hybridized carbons (Fsp3) is 0.421. The summed E-state index contributed by atoms with van der Waals surface area (Å²) in [4.78, 5) is 28.1. The maximum atomic E-state index is 12.5. The van der Waals surface area contributed by atoms with E-state index >= 15 is 0 Å². The van der Waals surface area contributed by atoms with Gasteiger partial charge in [0, 0.05) is 33.0 Å². The standard InChI is InChI=1S/C19H24N4O2/c1-14-9-17(22(3)20-14)12-21(2)19(25)13-23-11-16(10-18(23)24)15-7-5-4-6-8-15/h4-9,16H,10-13H2,1-3H3/t16-/m1/s1. The lowest BCUT2D eigenvalue weighted by atomic mass is 9.99. The number of amides is 2. The van der Waals surface area contributed by atoms with E-state index in [1.54, 1.807) is 21.5 Å². The van der Waals surface area contributed by atoms with Crippen molar-refractivity contribution in [1.82, 2.24) is 19.6 Å². The zero-order chi connectivity index (χ0) is 18.0. The minimum Gasteiger partial charge on any atom is -0.338 e. The quantitative estimate of drug-likeness (QED) is 0.832. The Hall–Kier alpha value is -2.63. The Bertz CT molecular complexity index is 769. The third kappa shape index (κ3) is 3.90. The fourth-order valence-corrected chi connectivity index (χ4v) is 3.30. The molecule has 6 heteroatoms. The molecular formula is C19H24N4O2. The van der Waals surface area contributed by atoms with Crippen molar-refractivity contribution in [3.8, 4) is 0 Å². The summed E-state index contributed by atoms with van der Waals surface area (Å²) in [7, 11) is 3.63. The van der Waals surface area contributed by atoms with E-state index in [0.717, 1.165) is 17.0 Å². The second-order valence-electron chi connectivity index (χ2n) is 6.74. The van der Waals surface area contributed by atoms with Crippen LogP contribution in [0.25, 0.3) is 0 Å². The van der Waals surface area contributed by atoms with Crippen LogP contribution < -0.4 is 0 Å². The predicted octanol–water partition coefficient (Wildman–Crippen LogP) is 1.70. The average Bonchev–Trinajstić information content (AvgIpc) is 3.10. The Morgan fingerprint density at radius 3 is 2.68 bits per heavy atom. The molecule has 1 saturated heterocycles. The number of rotatable bonds is 5. The van der Waals surface area contributed by atoms with Crippen LogP contribution >= 0.6 is 0 Å². The van der Waals surface area contributed by atoms with E-state index in [1.165, 1.54) is 0 Å². The first kappa shape index (κ1) is 17.2. The zero-order valence-electron chi connectivity index (χ0n) is 15.0. The van der Waals surface area contributed by atoms with Gasteiger partial charge in [-0.25, -0.2) is 0 Å². The molecule has 1 aromatic heterocycles. The van der Waals surface area contributed by atoms with Crippen LogP contribution in [0.1, 0.15) is 29.3 Å². The van der Waals surface area contributed by atoms with Gasteiger partial charge in [-0.1, -0.05) is 30.3 Å². The lowest BCUT2D eigenvalue weighted by Crippen LogP contribution is -2.39. The van der Waals surface area contributed by atoms with Crippen LogP contribution in [-0.2, 0) is 23.2 Å². The predicted molar refractivity (Wildman–Crippen MR) is 94.8 cm³/mol. The van der Waals surface area contributed by atoms with E-state index in [1.807, 2.05) is 50.4 Å². The van der Waals surface area contributed by atoms with Gasteiger partial charge < -0.3 is 9.80 Å². The highest BCUT2D eigenvalue weighted by Crippen LogP contribution is 2.27. The second kappa shape index (κ2) is 7.09. The third-order valence-electron chi connectivity index (χ3n) is 4.74. The van der Waals surface area contributed by atoms with Gasteiger partial charge in [0.05, 0.1) is 24.5 Å². The van der Waals surface area contributed by atoms with Crippen molar-refractivity contribution in [1.29, 1.82) is 0 Å². The first-order valence-electron chi connectivity index (χ1n) is 8.50. The van der Waals surface area contributed by atoms with Crippen molar-refractivity contribution in [2.45, 2.75) is 25.8 Å². The van der Waals surface area contributed by atoms with Crippen LogP contribution in [0.3, 0.4) is 0 Å². The molecule has 132 valence electrons. The first-order chi connectivity index (χ1) is 11.9. The number of hydrogen-bond donors (Lipinski definition) is 0. The maximum Gasteiger partial charge on any atom is 0.242 e. The van der Waals surface area contributed by atoms with Crippen LogP contribution in [0, 0.1) is 6.92 Å². The molecule has 0 unspecified atom stereocenters. The van der Waals surface area contributed by atoms with Crippen molar-refractivity contribution >= 4 is 11.8 Å². The number of carbonyl (C=O) groups is 2. The molecular weight excluding hydrogens is 316 g/mol. The minimum atomic E-state index is -0.0547. The van der Waals surface area contributed by atoms with E-state index < -0.39 is 0 Å². The Morgan fingerprint density at radius 1 is 1.32 bits per heavy atom. The monoisotopic (exact) mass is 340 g/mol. The van der Waals surface area contributed by atoms with E-state index in [4.69, 9.17) is 0 Å². The number of benzene rings is 1. The molecule has 2 amide bonds. The molecule has 1 aliphatic heterocycles. The fourth-order valence-electron chi connectivity index (χ4n) is 3.30. The van der Waals surface area contributed by atoms with Crippen molar-refractivity contribution < 1.29 is 9.59 Å². The zero-order valence-corrected chi connectivity index (χ0v) is 15.0. The molecule has 1 fully saturated rings. The van der Waals surface area contributed by atoms with E-state index in [0.29, 0.717) is 19.5 Å². The van der Waals surface area contributed by atoms with Crippen LogP contribution in [0.4, 0.5) is 0 Å². The summed E-state index contributed by atoms with van der Waals surface area (Å²) in [5.74, 6) is 0.166. The Morgan fingerprint density at radius 2 is 2.04 bits per heavy atom. The molecule has 0 aliphatic carbocycles. The van der Waals surface area contributed by atoms with Gasteiger partial charge in [0.1, 0.15) is 0 Å². The van der Waals surface area contributed by atoms with Crippen LogP contribution in [0.5, 0.6) is 0 Å². The van der Waals surface area contributed by atoms with E-state index in [9.17, 15) is 9.59 Å². The van der Waals surface area contributed by atoms with Crippen molar-refractivity contribution in [3.63, 3.8) is 0 Å². The topological polar surface area (TPSA) is 58.4 Å². The molecule has 0 spiro atoms. The molecule has 2 heterocycles. The smallest absolute Gasteiger partial charge is 0.242 e. The maximum absolute atomic E-state index is 12.5.